The molecule has 74 valence electrons. The van der Waals surface area contributed by atoms with Gasteiger partial charge < -0.3 is 5.32 Å². The standard InChI is InChI=1S/C8H9BrN4O/c1-2-3-10-8(14)13-7-11-4-6(9)5-12-7/h2,4-5H,1,3H2,(H2,10,11,12,13,14). The van der Waals surface area contributed by atoms with Crippen LogP contribution in [0.15, 0.2) is 29.5 Å². The van der Waals surface area contributed by atoms with Crippen LogP contribution in [0.4, 0.5) is 10.7 Å². The van der Waals surface area contributed by atoms with E-state index in [2.05, 4.69) is 43.1 Å². The zero-order valence-corrected chi connectivity index (χ0v) is 8.91. The molecule has 0 unspecified atom stereocenters. The number of amides is 2. The van der Waals surface area contributed by atoms with E-state index in [-0.39, 0.29) is 12.0 Å². The Hall–Kier alpha value is -1.43. The predicted octanol–water partition coefficient (Wildman–Crippen LogP) is 1.55. The second kappa shape index (κ2) is 5.33. The maximum absolute atomic E-state index is 11.1. The van der Waals surface area contributed by atoms with Gasteiger partial charge in [0, 0.05) is 18.9 Å². The minimum atomic E-state index is -0.354. The third kappa shape index (κ3) is 3.53. The van der Waals surface area contributed by atoms with Gasteiger partial charge in [-0.05, 0) is 15.9 Å². The number of carbonyl (C=O) groups excluding carboxylic acids is 1. The number of carbonyl (C=O) groups is 1. The van der Waals surface area contributed by atoms with Crippen molar-refractivity contribution in [2.45, 2.75) is 0 Å². The van der Waals surface area contributed by atoms with Crippen molar-refractivity contribution in [3.63, 3.8) is 0 Å². The largest absolute Gasteiger partial charge is 0.334 e. The fourth-order valence-corrected chi connectivity index (χ4v) is 0.892. The first kappa shape index (κ1) is 10.6. The molecule has 1 aromatic heterocycles. The van der Waals surface area contributed by atoms with Crippen LogP contribution in [0, 0.1) is 0 Å². The average Bonchev–Trinajstić information content (AvgIpc) is 2.18. The van der Waals surface area contributed by atoms with Gasteiger partial charge >= 0.3 is 6.03 Å². The van der Waals surface area contributed by atoms with Gasteiger partial charge in [-0.25, -0.2) is 14.8 Å². The minimum Gasteiger partial charge on any atom is -0.334 e. The van der Waals surface area contributed by atoms with Crippen LogP contribution < -0.4 is 10.6 Å². The number of hydrogen-bond acceptors (Lipinski definition) is 3. The van der Waals surface area contributed by atoms with Crippen molar-refractivity contribution < 1.29 is 4.79 Å². The van der Waals surface area contributed by atoms with Gasteiger partial charge in [0.15, 0.2) is 0 Å². The Morgan fingerprint density at radius 1 is 1.57 bits per heavy atom. The van der Waals surface area contributed by atoms with Crippen LogP contribution in [-0.4, -0.2) is 22.5 Å². The summed E-state index contributed by atoms with van der Waals surface area (Å²) in [6.45, 7) is 3.88. The number of anilines is 1. The van der Waals surface area contributed by atoms with Crippen LogP contribution in [0.2, 0.25) is 0 Å². The van der Waals surface area contributed by atoms with Gasteiger partial charge in [0.2, 0.25) is 5.95 Å². The predicted molar refractivity (Wildman–Crippen MR) is 57.0 cm³/mol. The topological polar surface area (TPSA) is 66.9 Å². The van der Waals surface area contributed by atoms with Gasteiger partial charge in [-0.2, -0.15) is 0 Å². The van der Waals surface area contributed by atoms with Gasteiger partial charge in [-0.3, -0.25) is 5.32 Å². The van der Waals surface area contributed by atoms with Gasteiger partial charge in [0.05, 0.1) is 4.47 Å². The lowest BCUT2D eigenvalue weighted by atomic mass is 10.6. The first-order valence-corrected chi connectivity index (χ1v) is 4.65. The number of nitrogens with zero attached hydrogens (tertiary/aromatic N) is 2. The number of hydrogen-bond donors (Lipinski definition) is 2. The van der Waals surface area contributed by atoms with E-state index in [1.54, 1.807) is 18.5 Å². The Labute approximate surface area is 89.8 Å². The zero-order chi connectivity index (χ0) is 10.4. The molecule has 6 heteroatoms. The van der Waals surface area contributed by atoms with Crippen molar-refractivity contribution >= 4 is 27.9 Å². The Kier molecular flexibility index (Phi) is 4.06. The van der Waals surface area contributed by atoms with Gasteiger partial charge in [0.25, 0.3) is 0 Å². The number of aromatic nitrogens is 2. The summed E-state index contributed by atoms with van der Waals surface area (Å²) in [5.41, 5.74) is 0. The molecule has 0 saturated carbocycles. The van der Waals surface area contributed by atoms with Crippen LogP contribution >= 0.6 is 15.9 Å². The first-order chi connectivity index (χ1) is 6.72. The molecule has 0 bridgehead atoms. The Bertz CT molecular complexity index is 325. The molecule has 2 amide bonds. The lowest BCUT2D eigenvalue weighted by molar-refractivity contribution is 0.253. The van der Waals surface area contributed by atoms with Crippen LogP contribution in [0.1, 0.15) is 0 Å². The van der Waals surface area contributed by atoms with Crippen molar-refractivity contribution in [1.29, 1.82) is 0 Å². The van der Waals surface area contributed by atoms with E-state index in [0.29, 0.717) is 6.54 Å². The Morgan fingerprint density at radius 3 is 2.79 bits per heavy atom. The Balaban J connectivity index is 2.47. The summed E-state index contributed by atoms with van der Waals surface area (Å²) >= 11 is 3.19. The van der Waals surface area contributed by atoms with E-state index in [0.717, 1.165) is 4.47 Å². The van der Waals surface area contributed by atoms with E-state index in [1.165, 1.54) is 0 Å². The highest BCUT2D eigenvalue weighted by atomic mass is 79.9. The molecule has 0 aromatic carbocycles. The molecule has 5 nitrogen and oxygen atoms in total. The normalized spacial score (nSPS) is 9.21. The van der Waals surface area contributed by atoms with E-state index in [4.69, 9.17) is 0 Å². The third-order valence-electron chi connectivity index (χ3n) is 1.25. The zero-order valence-electron chi connectivity index (χ0n) is 7.33. The summed E-state index contributed by atoms with van der Waals surface area (Å²) in [7, 11) is 0. The average molecular weight is 257 g/mol. The highest BCUT2D eigenvalue weighted by Crippen LogP contribution is 2.06. The van der Waals surface area contributed by atoms with E-state index in [9.17, 15) is 4.79 Å². The van der Waals surface area contributed by atoms with E-state index < -0.39 is 0 Å². The highest BCUT2D eigenvalue weighted by molar-refractivity contribution is 9.10. The molecule has 1 aromatic rings. The Morgan fingerprint density at radius 2 is 2.21 bits per heavy atom. The summed E-state index contributed by atoms with van der Waals surface area (Å²) < 4.78 is 0.759. The molecule has 0 aliphatic rings. The molecule has 1 heterocycles. The number of urea groups is 1. The third-order valence-corrected chi connectivity index (χ3v) is 1.66. The van der Waals surface area contributed by atoms with Crippen molar-refractivity contribution in [3.05, 3.63) is 29.5 Å². The van der Waals surface area contributed by atoms with Gasteiger partial charge in [-0.15, -0.1) is 6.58 Å². The fraction of sp³-hybridized carbons (Fsp3) is 0.125. The molecule has 0 atom stereocenters. The number of halogens is 1. The van der Waals surface area contributed by atoms with Gasteiger partial charge in [-0.1, -0.05) is 6.08 Å². The minimum absolute atomic E-state index is 0.259. The molecular formula is C8H9BrN4O. The molecule has 1 rings (SSSR count). The fourth-order valence-electron chi connectivity index (χ4n) is 0.687. The van der Waals surface area contributed by atoms with Crippen LogP contribution in [0.25, 0.3) is 0 Å². The van der Waals surface area contributed by atoms with Crippen LogP contribution in [0.5, 0.6) is 0 Å². The first-order valence-electron chi connectivity index (χ1n) is 3.85. The lowest BCUT2D eigenvalue weighted by Gasteiger charge is -2.03. The van der Waals surface area contributed by atoms with Crippen molar-refractivity contribution in [2.24, 2.45) is 0 Å². The van der Waals surface area contributed by atoms with Crippen LogP contribution in [0.3, 0.4) is 0 Å². The van der Waals surface area contributed by atoms with Crippen molar-refractivity contribution in [1.82, 2.24) is 15.3 Å². The lowest BCUT2D eigenvalue weighted by Crippen LogP contribution is -2.29. The monoisotopic (exact) mass is 256 g/mol. The molecule has 0 radical (unpaired) electrons. The van der Waals surface area contributed by atoms with Crippen molar-refractivity contribution in [3.8, 4) is 0 Å². The van der Waals surface area contributed by atoms with Gasteiger partial charge in [0.1, 0.15) is 0 Å². The molecule has 0 saturated heterocycles. The highest BCUT2D eigenvalue weighted by Gasteiger charge is 2.01. The quantitative estimate of drug-likeness (QED) is 0.807. The molecule has 14 heavy (non-hydrogen) atoms. The SMILES string of the molecule is C=CCNC(=O)Nc1ncc(Br)cn1. The summed E-state index contributed by atoms with van der Waals surface area (Å²) in [6.07, 6.45) is 4.69. The van der Waals surface area contributed by atoms with Crippen molar-refractivity contribution in [2.75, 3.05) is 11.9 Å². The van der Waals surface area contributed by atoms with E-state index in [1.807, 2.05) is 0 Å². The number of rotatable bonds is 3. The van der Waals surface area contributed by atoms with Crippen LogP contribution in [-0.2, 0) is 0 Å². The summed E-state index contributed by atoms with van der Waals surface area (Å²) in [4.78, 5) is 18.8. The molecule has 0 spiro atoms. The van der Waals surface area contributed by atoms with E-state index >= 15 is 0 Å². The smallest absolute Gasteiger partial charge is 0.321 e. The summed E-state index contributed by atoms with van der Waals surface area (Å²) in [6, 6.07) is -0.354. The summed E-state index contributed by atoms with van der Waals surface area (Å²) in [5, 5.41) is 5.00. The summed E-state index contributed by atoms with van der Waals surface area (Å²) in [5.74, 6) is 0.259. The molecule has 0 aliphatic heterocycles. The molecule has 2 N–H and O–H groups in total. The molecule has 0 aliphatic carbocycles. The molecule has 0 fully saturated rings. The molecular weight excluding hydrogens is 248 g/mol. The second-order valence-electron chi connectivity index (χ2n) is 2.35. The maximum atomic E-state index is 11.1. The second-order valence-corrected chi connectivity index (χ2v) is 3.26. The number of nitrogens with one attached hydrogen (secondary N) is 2. The maximum Gasteiger partial charge on any atom is 0.321 e.